The third kappa shape index (κ3) is 4.97. The van der Waals surface area contributed by atoms with Crippen LogP contribution < -0.4 is 5.32 Å². The van der Waals surface area contributed by atoms with E-state index in [0.29, 0.717) is 28.7 Å². The maximum absolute atomic E-state index is 15.0. The van der Waals surface area contributed by atoms with Crippen LogP contribution >= 0.6 is 11.8 Å². The minimum Gasteiger partial charge on any atom is -0.458 e. The Morgan fingerprint density at radius 2 is 1.94 bits per heavy atom. The molecule has 34 heavy (non-hydrogen) atoms. The number of amidine groups is 1. The van der Waals surface area contributed by atoms with Gasteiger partial charge in [0.05, 0.1) is 23.7 Å². The lowest BCUT2D eigenvalue weighted by molar-refractivity contribution is -0.138. The Hall–Kier alpha value is -3.65. The molecular weight excluding hydrogens is 453 g/mol. The van der Waals surface area contributed by atoms with Gasteiger partial charge in [0.2, 0.25) is 5.91 Å². The second-order valence-corrected chi connectivity index (χ2v) is 8.58. The number of rotatable bonds is 8. The van der Waals surface area contributed by atoms with Crippen molar-refractivity contribution in [3.05, 3.63) is 107 Å². The van der Waals surface area contributed by atoms with Crippen LogP contribution in [0.15, 0.2) is 94.6 Å². The number of hydrogen-bond donors (Lipinski definition) is 1. The Morgan fingerprint density at radius 3 is 2.68 bits per heavy atom. The zero-order valence-corrected chi connectivity index (χ0v) is 19.5. The molecule has 0 saturated heterocycles. The summed E-state index contributed by atoms with van der Waals surface area (Å²) >= 11 is 1.34. The minimum atomic E-state index is -0.811. The number of nitrogens with one attached hydrogen (secondary N) is 1. The Balaban J connectivity index is 1.62. The van der Waals surface area contributed by atoms with Gasteiger partial charge in [0.1, 0.15) is 12.4 Å². The van der Waals surface area contributed by atoms with Crippen molar-refractivity contribution in [1.82, 2.24) is 10.2 Å². The molecule has 0 aliphatic carbocycles. The van der Waals surface area contributed by atoms with E-state index in [1.807, 2.05) is 35.7 Å². The molecule has 0 bridgehead atoms. The average Bonchev–Trinajstić information content (AvgIpc) is 3.23. The molecule has 0 fully saturated rings. The molecule has 0 saturated carbocycles. The highest BCUT2D eigenvalue weighted by atomic mass is 32.2. The van der Waals surface area contributed by atoms with E-state index < -0.39 is 17.8 Å². The summed E-state index contributed by atoms with van der Waals surface area (Å²) in [5.74, 6) is -1.25. The van der Waals surface area contributed by atoms with Crippen molar-refractivity contribution in [2.24, 2.45) is 4.99 Å². The van der Waals surface area contributed by atoms with E-state index in [9.17, 15) is 14.0 Å². The minimum absolute atomic E-state index is 0.0233. The molecule has 2 aliphatic rings. The van der Waals surface area contributed by atoms with Gasteiger partial charge in [-0.25, -0.2) is 14.2 Å². The largest absolute Gasteiger partial charge is 0.458 e. The molecule has 1 atom stereocenters. The quantitative estimate of drug-likeness (QED) is 0.435. The third-order valence-electron chi connectivity index (χ3n) is 5.43. The summed E-state index contributed by atoms with van der Waals surface area (Å²) in [6.07, 6.45) is 1.52. The van der Waals surface area contributed by atoms with Gasteiger partial charge in [-0.05, 0) is 24.0 Å². The first-order valence-corrected chi connectivity index (χ1v) is 11.6. The van der Waals surface area contributed by atoms with Gasteiger partial charge < -0.3 is 15.0 Å². The second-order valence-electron chi connectivity index (χ2n) is 7.74. The number of nitrogens with zero attached hydrogens (tertiary/aromatic N) is 2. The number of esters is 1. The molecule has 0 spiro atoms. The summed E-state index contributed by atoms with van der Waals surface area (Å²) in [6.45, 7) is 5.70. The number of carbonyl (C=O) groups is 2. The maximum atomic E-state index is 15.0. The highest BCUT2D eigenvalue weighted by Gasteiger charge is 2.42. The first kappa shape index (κ1) is 23.5. The van der Waals surface area contributed by atoms with Crippen molar-refractivity contribution in [2.75, 3.05) is 6.61 Å². The number of benzene rings is 2. The number of carbonyl (C=O) groups excluding carboxylic acids is 2. The van der Waals surface area contributed by atoms with Crippen LogP contribution in [0.1, 0.15) is 30.5 Å². The van der Waals surface area contributed by atoms with Crippen LogP contribution in [0, 0.1) is 5.82 Å². The lowest BCUT2D eigenvalue weighted by atomic mass is 9.93. The molecular formula is C26H24FN3O3S. The molecule has 0 aromatic heterocycles. The zero-order valence-electron chi connectivity index (χ0n) is 18.7. The van der Waals surface area contributed by atoms with Gasteiger partial charge in [0, 0.05) is 17.8 Å². The van der Waals surface area contributed by atoms with Crippen molar-refractivity contribution in [2.45, 2.75) is 25.9 Å². The molecule has 2 heterocycles. The van der Waals surface area contributed by atoms with Gasteiger partial charge in [0.15, 0.2) is 5.17 Å². The van der Waals surface area contributed by atoms with Gasteiger partial charge in [-0.2, -0.15) is 0 Å². The van der Waals surface area contributed by atoms with Gasteiger partial charge in [-0.15, -0.1) is 0 Å². The first-order valence-electron chi connectivity index (χ1n) is 10.8. The fourth-order valence-electron chi connectivity index (χ4n) is 3.86. The lowest BCUT2D eigenvalue weighted by Gasteiger charge is -2.36. The smallest absolute Gasteiger partial charge is 0.338 e. The Labute approximate surface area is 201 Å². The molecule has 2 aliphatic heterocycles. The number of ether oxygens (including phenoxy) is 1. The molecule has 4 rings (SSSR count). The summed E-state index contributed by atoms with van der Waals surface area (Å²) in [5.41, 5.74) is 2.60. The van der Waals surface area contributed by atoms with E-state index in [-0.39, 0.29) is 24.5 Å². The number of aliphatic imine (C=N–C) groups is 1. The molecule has 1 amide bonds. The molecule has 174 valence electrons. The fraction of sp³-hybridized carbons (Fsp3) is 0.192. The van der Waals surface area contributed by atoms with Crippen molar-refractivity contribution < 1.29 is 18.7 Å². The Kier molecular flexibility index (Phi) is 7.27. The van der Waals surface area contributed by atoms with E-state index in [2.05, 4.69) is 16.9 Å². The number of allylic oxidation sites excluding steroid dienone is 1. The highest BCUT2D eigenvalue weighted by Crippen LogP contribution is 2.45. The summed E-state index contributed by atoms with van der Waals surface area (Å²) < 4.78 is 20.3. The van der Waals surface area contributed by atoms with E-state index in [1.165, 1.54) is 23.9 Å². The number of hydrogen-bond acceptors (Lipinski definition) is 6. The van der Waals surface area contributed by atoms with Crippen molar-refractivity contribution >= 4 is 28.8 Å². The third-order valence-corrected chi connectivity index (χ3v) is 6.32. The van der Waals surface area contributed by atoms with Gasteiger partial charge >= 0.3 is 5.97 Å². The molecule has 0 radical (unpaired) electrons. The first-order chi connectivity index (χ1) is 16.5. The second kappa shape index (κ2) is 10.5. The van der Waals surface area contributed by atoms with E-state index in [4.69, 9.17) is 4.74 Å². The number of amides is 1. The zero-order chi connectivity index (χ0) is 24.1. The van der Waals surface area contributed by atoms with Crippen LogP contribution in [0.2, 0.25) is 0 Å². The topological polar surface area (TPSA) is 71.0 Å². The Morgan fingerprint density at radius 1 is 1.21 bits per heavy atom. The predicted octanol–water partition coefficient (Wildman–Crippen LogP) is 4.84. The van der Waals surface area contributed by atoms with E-state index >= 15 is 0 Å². The summed E-state index contributed by atoms with van der Waals surface area (Å²) in [5, 5.41) is 5.31. The molecule has 2 aromatic rings. The normalized spacial score (nSPS) is 17.0. The van der Waals surface area contributed by atoms with Gasteiger partial charge in [0.25, 0.3) is 0 Å². The number of fused-ring (bicyclic) bond motifs is 1. The van der Waals surface area contributed by atoms with Crippen LogP contribution in [0.3, 0.4) is 0 Å². The molecule has 8 heteroatoms. The average molecular weight is 478 g/mol. The fourth-order valence-corrected chi connectivity index (χ4v) is 4.82. The monoisotopic (exact) mass is 477 g/mol. The standard InChI is InChI=1S/C26H24FN3O3S/c1-3-13-33-25(32)23-17(2)29-26-30(24(23)20-11-7-8-12-21(20)27)19(16-34-26)14-22(31)28-15-18-9-5-4-6-10-18/h3-12,16,24H,1,13-15H2,2H3,(H,28,31). The van der Waals surface area contributed by atoms with Crippen LogP contribution in [0.4, 0.5) is 4.39 Å². The number of thioether (sulfide) groups is 1. The summed E-state index contributed by atoms with van der Waals surface area (Å²) in [4.78, 5) is 32.1. The van der Waals surface area contributed by atoms with E-state index in [0.717, 1.165) is 5.56 Å². The number of halogens is 1. The summed E-state index contributed by atoms with van der Waals surface area (Å²) in [7, 11) is 0. The van der Waals surface area contributed by atoms with Crippen molar-refractivity contribution in [3.8, 4) is 0 Å². The van der Waals surface area contributed by atoms with Gasteiger partial charge in [-0.1, -0.05) is 72.9 Å². The van der Waals surface area contributed by atoms with Crippen LogP contribution in [0.5, 0.6) is 0 Å². The molecule has 1 unspecified atom stereocenters. The summed E-state index contributed by atoms with van der Waals surface area (Å²) in [6, 6.07) is 15.1. The van der Waals surface area contributed by atoms with Crippen LogP contribution in [0.25, 0.3) is 0 Å². The molecule has 2 aromatic carbocycles. The molecule has 6 nitrogen and oxygen atoms in total. The highest BCUT2D eigenvalue weighted by molar-refractivity contribution is 8.16. The van der Waals surface area contributed by atoms with Crippen LogP contribution in [-0.4, -0.2) is 28.6 Å². The van der Waals surface area contributed by atoms with Gasteiger partial charge in [-0.3, -0.25) is 4.79 Å². The lowest BCUT2D eigenvalue weighted by Crippen LogP contribution is -2.38. The molecule has 1 N–H and O–H groups in total. The Bertz CT molecular complexity index is 1210. The van der Waals surface area contributed by atoms with E-state index in [1.54, 1.807) is 30.0 Å². The van der Waals surface area contributed by atoms with Crippen LogP contribution in [-0.2, 0) is 20.9 Å². The van der Waals surface area contributed by atoms with Crippen molar-refractivity contribution in [3.63, 3.8) is 0 Å². The SMILES string of the molecule is C=CCOC(=O)C1=C(C)N=C2SC=C(CC(=O)NCc3ccccc3)N2C1c1ccccc1F. The van der Waals surface area contributed by atoms with Crippen molar-refractivity contribution in [1.29, 1.82) is 0 Å². The predicted molar refractivity (Wildman–Crippen MR) is 131 cm³/mol. The maximum Gasteiger partial charge on any atom is 0.338 e.